The zero-order valence-corrected chi connectivity index (χ0v) is 12.8. The molecular formula is C20H24O. The van der Waals surface area contributed by atoms with E-state index in [2.05, 4.69) is 55.5 Å². The summed E-state index contributed by atoms with van der Waals surface area (Å²) in [7, 11) is 0. The molecule has 1 heteroatoms. The molecule has 0 aliphatic heterocycles. The SMILES string of the molecule is CCCC(=O)CC(CCc1ccccc1)c1ccccc1. The van der Waals surface area contributed by atoms with E-state index in [-0.39, 0.29) is 0 Å². The average Bonchev–Trinajstić information content (AvgIpc) is 2.53. The lowest BCUT2D eigenvalue weighted by Crippen LogP contribution is -2.08. The van der Waals surface area contributed by atoms with Gasteiger partial charge in [0.1, 0.15) is 5.78 Å². The van der Waals surface area contributed by atoms with Crippen LogP contribution in [-0.4, -0.2) is 5.78 Å². The minimum atomic E-state index is 0.338. The quantitative estimate of drug-likeness (QED) is 0.652. The third kappa shape index (κ3) is 5.18. The monoisotopic (exact) mass is 280 g/mol. The molecule has 21 heavy (non-hydrogen) atoms. The number of rotatable bonds is 8. The molecule has 0 fully saturated rings. The second-order valence-electron chi connectivity index (χ2n) is 5.62. The van der Waals surface area contributed by atoms with Crippen LogP contribution >= 0.6 is 0 Å². The predicted molar refractivity (Wildman–Crippen MR) is 88.5 cm³/mol. The van der Waals surface area contributed by atoms with Crippen molar-refractivity contribution in [2.45, 2.75) is 44.9 Å². The molecule has 0 aliphatic carbocycles. The number of Topliss-reactive ketones (excluding diaryl/α,β-unsaturated/α-hetero) is 1. The van der Waals surface area contributed by atoms with Gasteiger partial charge in [-0.2, -0.15) is 0 Å². The summed E-state index contributed by atoms with van der Waals surface area (Å²) in [6.45, 7) is 2.07. The lowest BCUT2D eigenvalue weighted by atomic mass is 9.87. The fourth-order valence-corrected chi connectivity index (χ4v) is 2.75. The van der Waals surface area contributed by atoms with Crippen molar-refractivity contribution in [3.8, 4) is 0 Å². The molecule has 1 atom stereocenters. The Morgan fingerprint density at radius 1 is 0.952 bits per heavy atom. The van der Waals surface area contributed by atoms with Crippen LogP contribution in [0.2, 0.25) is 0 Å². The number of aryl methyl sites for hydroxylation is 1. The molecule has 1 nitrogen and oxygen atoms in total. The Labute approximate surface area is 128 Å². The van der Waals surface area contributed by atoms with Gasteiger partial charge in [-0.15, -0.1) is 0 Å². The highest BCUT2D eigenvalue weighted by atomic mass is 16.1. The van der Waals surface area contributed by atoms with Gasteiger partial charge in [-0.3, -0.25) is 4.79 Å². The average molecular weight is 280 g/mol. The molecule has 0 saturated carbocycles. The van der Waals surface area contributed by atoms with E-state index in [1.165, 1.54) is 11.1 Å². The van der Waals surface area contributed by atoms with Crippen molar-refractivity contribution in [1.82, 2.24) is 0 Å². The number of ketones is 1. The standard InChI is InChI=1S/C20H24O/c1-2-9-20(21)16-19(18-12-7-4-8-13-18)15-14-17-10-5-3-6-11-17/h3-8,10-13,19H,2,9,14-16H2,1H3. The van der Waals surface area contributed by atoms with Gasteiger partial charge in [-0.25, -0.2) is 0 Å². The van der Waals surface area contributed by atoms with Crippen LogP contribution in [0, 0.1) is 0 Å². The van der Waals surface area contributed by atoms with E-state index in [1.807, 2.05) is 12.1 Å². The molecule has 0 N–H and O–H groups in total. The van der Waals surface area contributed by atoms with Gasteiger partial charge in [0, 0.05) is 12.8 Å². The summed E-state index contributed by atoms with van der Waals surface area (Å²) in [4.78, 5) is 12.0. The summed E-state index contributed by atoms with van der Waals surface area (Å²) in [5, 5.41) is 0. The van der Waals surface area contributed by atoms with Crippen LogP contribution in [0.25, 0.3) is 0 Å². The van der Waals surface area contributed by atoms with Crippen LogP contribution < -0.4 is 0 Å². The predicted octanol–water partition coefficient (Wildman–Crippen LogP) is 5.16. The molecular weight excluding hydrogens is 256 g/mol. The topological polar surface area (TPSA) is 17.1 Å². The highest BCUT2D eigenvalue weighted by molar-refractivity contribution is 5.79. The Hall–Kier alpha value is -1.89. The first kappa shape index (κ1) is 15.5. The summed E-state index contributed by atoms with van der Waals surface area (Å²) in [6.07, 6.45) is 4.38. The lowest BCUT2D eigenvalue weighted by Gasteiger charge is -2.17. The Morgan fingerprint density at radius 2 is 1.57 bits per heavy atom. The fourth-order valence-electron chi connectivity index (χ4n) is 2.75. The van der Waals surface area contributed by atoms with Gasteiger partial charge in [0.15, 0.2) is 0 Å². The maximum Gasteiger partial charge on any atom is 0.133 e. The van der Waals surface area contributed by atoms with E-state index in [4.69, 9.17) is 0 Å². The van der Waals surface area contributed by atoms with Crippen molar-refractivity contribution in [3.05, 3.63) is 71.8 Å². The van der Waals surface area contributed by atoms with Crippen molar-refractivity contribution in [2.75, 3.05) is 0 Å². The molecule has 1 unspecified atom stereocenters. The molecule has 0 aliphatic rings. The Morgan fingerprint density at radius 3 is 2.19 bits per heavy atom. The minimum absolute atomic E-state index is 0.338. The van der Waals surface area contributed by atoms with Crippen LogP contribution in [0.15, 0.2) is 60.7 Å². The summed E-state index contributed by atoms with van der Waals surface area (Å²) in [6, 6.07) is 21.0. The molecule has 0 heterocycles. The molecule has 2 aromatic rings. The second-order valence-corrected chi connectivity index (χ2v) is 5.62. The number of hydrogen-bond donors (Lipinski definition) is 0. The zero-order chi connectivity index (χ0) is 14.9. The van der Waals surface area contributed by atoms with E-state index < -0.39 is 0 Å². The Bertz CT molecular complexity index is 530. The molecule has 2 rings (SSSR count). The van der Waals surface area contributed by atoms with E-state index >= 15 is 0 Å². The molecule has 2 aromatic carbocycles. The van der Waals surface area contributed by atoms with Gasteiger partial charge in [0.2, 0.25) is 0 Å². The summed E-state index contributed by atoms with van der Waals surface area (Å²) < 4.78 is 0. The maximum atomic E-state index is 12.0. The van der Waals surface area contributed by atoms with E-state index in [1.54, 1.807) is 0 Å². The van der Waals surface area contributed by atoms with Gasteiger partial charge in [0.05, 0.1) is 0 Å². The fraction of sp³-hybridized carbons (Fsp3) is 0.350. The maximum absolute atomic E-state index is 12.0. The number of benzene rings is 2. The van der Waals surface area contributed by atoms with Crippen molar-refractivity contribution >= 4 is 5.78 Å². The van der Waals surface area contributed by atoms with Crippen molar-refractivity contribution in [3.63, 3.8) is 0 Å². The minimum Gasteiger partial charge on any atom is -0.300 e. The molecule has 0 aromatic heterocycles. The third-order valence-corrected chi connectivity index (χ3v) is 3.90. The normalized spacial score (nSPS) is 12.0. The van der Waals surface area contributed by atoms with Crippen LogP contribution in [-0.2, 0) is 11.2 Å². The highest BCUT2D eigenvalue weighted by Crippen LogP contribution is 2.26. The molecule has 0 spiro atoms. The van der Waals surface area contributed by atoms with Gasteiger partial charge in [-0.1, -0.05) is 67.6 Å². The summed E-state index contributed by atoms with van der Waals surface area (Å²) in [5.74, 6) is 0.727. The van der Waals surface area contributed by atoms with E-state index in [9.17, 15) is 4.79 Å². The van der Waals surface area contributed by atoms with Crippen molar-refractivity contribution < 1.29 is 4.79 Å². The smallest absolute Gasteiger partial charge is 0.133 e. The van der Waals surface area contributed by atoms with Crippen molar-refractivity contribution in [2.24, 2.45) is 0 Å². The highest BCUT2D eigenvalue weighted by Gasteiger charge is 2.15. The second kappa shape index (κ2) is 8.41. The Balaban J connectivity index is 2.03. The summed E-state index contributed by atoms with van der Waals surface area (Å²) in [5.41, 5.74) is 2.64. The molecule has 0 amide bonds. The van der Waals surface area contributed by atoms with Crippen LogP contribution in [0.4, 0.5) is 0 Å². The van der Waals surface area contributed by atoms with Crippen molar-refractivity contribution in [1.29, 1.82) is 0 Å². The van der Waals surface area contributed by atoms with Crippen LogP contribution in [0.1, 0.15) is 49.7 Å². The largest absolute Gasteiger partial charge is 0.300 e. The van der Waals surface area contributed by atoms with Gasteiger partial charge in [-0.05, 0) is 36.3 Å². The first-order valence-electron chi connectivity index (χ1n) is 7.90. The number of carbonyl (C=O) groups is 1. The first-order valence-corrected chi connectivity index (χ1v) is 7.90. The Kier molecular flexibility index (Phi) is 6.21. The zero-order valence-electron chi connectivity index (χ0n) is 12.8. The lowest BCUT2D eigenvalue weighted by molar-refractivity contribution is -0.119. The van der Waals surface area contributed by atoms with Crippen LogP contribution in [0.3, 0.4) is 0 Å². The molecule has 110 valence electrons. The van der Waals surface area contributed by atoms with E-state index in [0.29, 0.717) is 24.5 Å². The first-order chi connectivity index (χ1) is 10.3. The van der Waals surface area contributed by atoms with Crippen LogP contribution in [0.5, 0.6) is 0 Å². The molecule has 0 radical (unpaired) electrons. The number of carbonyl (C=O) groups excluding carboxylic acids is 1. The summed E-state index contributed by atoms with van der Waals surface area (Å²) >= 11 is 0. The third-order valence-electron chi connectivity index (χ3n) is 3.90. The molecule has 0 saturated heterocycles. The molecule has 0 bridgehead atoms. The van der Waals surface area contributed by atoms with E-state index in [0.717, 1.165) is 19.3 Å². The number of hydrogen-bond acceptors (Lipinski definition) is 1. The van der Waals surface area contributed by atoms with Gasteiger partial charge in [0.25, 0.3) is 0 Å². The van der Waals surface area contributed by atoms with Gasteiger partial charge < -0.3 is 0 Å². The van der Waals surface area contributed by atoms with Gasteiger partial charge >= 0.3 is 0 Å².